The molecule has 0 aliphatic carbocycles. The number of halogens is 2. The van der Waals surface area contributed by atoms with E-state index in [0.29, 0.717) is 28.7 Å². The average molecular weight is 509 g/mol. The van der Waals surface area contributed by atoms with E-state index >= 15 is 0 Å². The molecule has 8 nitrogen and oxygen atoms in total. The number of hydrogen-bond donors (Lipinski definition) is 1. The minimum Gasteiger partial charge on any atom is -0.497 e. The Balaban J connectivity index is 1.94. The fourth-order valence-corrected chi connectivity index (χ4v) is 4.02. The van der Waals surface area contributed by atoms with Gasteiger partial charge >= 0.3 is 0 Å². The summed E-state index contributed by atoms with van der Waals surface area (Å²) in [5, 5.41) is 3.00. The Morgan fingerprint density at radius 3 is 2.58 bits per heavy atom. The van der Waals surface area contributed by atoms with Crippen LogP contribution in [-0.4, -0.2) is 39.9 Å². The number of fused-ring (bicyclic) bond motifs is 1. The van der Waals surface area contributed by atoms with Crippen molar-refractivity contribution in [2.75, 3.05) is 7.11 Å². The van der Waals surface area contributed by atoms with Crippen molar-refractivity contribution in [2.45, 2.75) is 26.4 Å². The lowest BCUT2D eigenvalue weighted by atomic mass is 10.0. The van der Waals surface area contributed by atoms with E-state index in [2.05, 4.69) is 15.3 Å². The molecule has 4 rings (SSSR count). The second kappa shape index (κ2) is 10.2. The van der Waals surface area contributed by atoms with Crippen molar-refractivity contribution >= 4 is 34.8 Å². The third-order valence-corrected chi connectivity index (χ3v) is 5.53. The number of methoxy groups -OCH3 is 1. The van der Waals surface area contributed by atoms with Crippen LogP contribution < -0.4 is 15.6 Å². The minimum atomic E-state index is -0.614. The number of benzene rings is 2. The Kier molecular flexibility index (Phi) is 7.12. The number of ether oxygens (including phenoxy) is 1. The number of carbonyl (C=O) groups is 2. The predicted molar refractivity (Wildman–Crippen MR) is 135 cm³/mol. The van der Waals surface area contributed by atoms with E-state index < -0.39 is 17.3 Å². The topological polar surface area (TPSA) is 103 Å². The van der Waals surface area contributed by atoms with Crippen LogP contribution in [0.3, 0.4) is 0 Å². The molecule has 0 bridgehead atoms. The molecule has 2 aromatic heterocycles. The number of hydrogen-bond acceptors (Lipinski definition) is 6. The number of aldehydes is 1. The number of amides is 1. The molecule has 4 aromatic rings. The first-order valence-corrected chi connectivity index (χ1v) is 11.4. The Bertz CT molecular complexity index is 1530. The molecule has 0 aliphatic rings. The van der Waals surface area contributed by atoms with Gasteiger partial charge in [-0.25, -0.2) is 14.4 Å². The number of aromatic nitrogens is 3. The molecule has 0 saturated carbocycles. The monoisotopic (exact) mass is 508 g/mol. The van der Waals surface area contributed by atoms with Gasteiger partial charge in [0.05, 0.1) is 12.5 Å². The summed E-state index contributed by atoms with van der Waals surface area (Å²) < 4.78 is 20.6. The van der Waals surface area contributed by atoms with Crippen LogP contribution in [-0.2, 0) is 11.3 Å². The number of nitrogens with zero attached hydrogens (tertiary/aromatic N) is 3. The first-order valence-electron chi connectivity index (χ1n) is 11.0. The standard InChI is InChI=1S/C26H22ClFN4O4/c1-14(2)30-23(34)12-32-25(17-6-19(27)10-20(28)7-17)31-24-22(26(32)35)9-18(11-29-24)16-4-15(13-33)5-21(8-16)36-3/h4-11,13-14H,12H2,1-3H3,(H,30,34). The highest BCUT2D eigenvalue weighted by Gasteiger charge is 2.18. The molecular weight excluding hydrogens is 487 g/mol. The third-order valence-electron chi connectivity index (χ3n) is 5.32. The van der Waals surface area contributed by atoms with Gasteiger partial charge in [-0.3, -0.25) is 19.0 Å². The molecule has 1 N–H and O–H groups in total. The van der Waals surface area contributed by atoms with E-state index in [9.17, 15) is 18.8 Å². The first-order chi connectivity index (χ1) is 17.2. The van der Waals surface area contributed by atoms with Crippen LogP contribution in [0.15, 0.2) is 53.5 Å². The summed E-state index contributed by atoms with van der Waals surface area (Å²) in [4.78, 5) is 46.4. The van der Waals surface area contributed by atoms with Crippen molar-refractivity contribution in [3.05, 3.63) is 75.4 Å². The number of pyridine rings is 1. The van der Waals surface area contributed by atoms with E-state index in [1.54, 1.807) is 38.1 Å². The molecular formula is C26H22ClFN4O4. The van der Waals surface area contributed by atoms with Crippen LogP contribution in [0.2, 0.25) is 5.02 Å². The zero-order chi connectivity index (χ0) is 26.0. The summed E-state index contributed by atoms with van der Waals surface area (Å²) in [6, 6.07) is 10.1. The van der Waals surface area contributed by atoms with Crippen LogP contribution >= 0.6 is 11.6 Å². The summed E-state index contributed by atoms with van der Waals surface area (Å²) in [6.45, 7) is 3.25. The van der Waals surface area contributed by atoms with Crippen molar-refractivity contribution in [3.8, 4) is 28.3 Å². The van der Waals surface area contributed by atoms with Crippen LogP contribution in [0.25, 0.3) is 33.5 Å². The fraction of sp³-hybridized carbons (Fsp3) is 0.192. The third kappa shape index (κ3) is 5.26. The largest absolute Gasteiger partial charge is 0.497 e. The van der Waals surface area contributed by atoms with Crippen molar-refractivity contribution in [3.63, 3.8) is 0 Å². The van der Waals surface area contributed by atoms with Crippen molar-refractivity contribution < 1.29 is 18.7 Å². The highest BCUT2D eigenvalue weighted by molar-refractivity contribution is 6.30. The fourth-order valence-electron chi connectivity index (χ4n) is 3.80. The Morgan fingerprint density at radius 1 is 1.14 bits per heavy atom. The summed E-state index contributed by atoms with van der Waals surface area (Å²) in [6.07, 6.45) is 2.20. The molecule has 0 saturated heterocycles. The first kappa shape index (κ1) is 25.0. The maximum Gasteiger partial charge on any atom is 0.263 e. The van der Waals surface area contributed by atoms with Gasteiger partial charge in [-0.15, -0.1) is 0 Å². The lowest BCUT2D eigenvalue weighted by molar-refractivity contribution is -0.122. The Hall–Kier alpha value is -4.11. The molecule has 0 spiro atoms. The molecule has 2 heterocycles. The van der Waals surface area contributed by atoms with Gasteiger partial charge in [0.2, 0.25) is 5.91 Å². The summed E-state index contributed by atoms with van der Waals surface area (Å²) in [5.41, 5.74) is 1.34. The van der Waals surface area contributed by atoms with Gasteiger partial charge < -0.3 is 10.1 Å². The maximum absolute atomic E-state index is 14.1. The molecule has 184 valence electrons. The van der Waals surface area contributed by atoms with E-state index in [1.165, 1.54) is 30.0 Å². The molecule has 0 radical (unpaired) electrons. The maximum atomic E-state index is 14.1. The van der Waals surface area contributed by atoms with E-state index in [0.717, 1.165) is 6.07 Å². The molecule has 1 amide bonds. The number of carbonyl (C=O) groups excluding carboxylic acids is 2. The summed E-state index contributed by atoms with van der Waals surface area (Å²) in [7, 11) is 1.48. The molecule has 36 heavy (non-hydrogen) atoms. The number of rotatable bonds is 7. The van der Waals surface area contributed by atoms with E-state index in [-0.39, 0.29) is 40.0 Å². The minimum absolute atomic E-state index is 0.0534. The predicted octanol–water partition coefficient (Wildman–Crippen LogP) is 4.26. The normalized spacial score (nSPS) is 11.1. The van der Waals surface area contributed by atoms with Crippen LogP contribution in [0.5, 0.6) is 5.75 Å². The SMILES string of the molecule is COc1cc(C=O)cc(-c2cnc3nc(-c4cc(F)cc(Cl)c4)n(CC(=O)NC(C)C)c(=O)c3c2)c1. The van der Waals surface area contributed by atoms with Gasteiger partial charge in [0, 0.05) is 34.0 Å². The zero-order valence-corrected chi connectivity index (χ0v) is 20.5. The van der Waals surface area contributed by atoms with Crippen molar-refractivity contribution in [1.82, 2.24) is 19.9 Å². The molecule has 0 aliphatic heterocycles. The van der Waals surface area contributed by atoms with Gasteiger partial charge in [0.15, 0.2) is 5.65 Å². The van der Waals surface area contributed by atoms with Gasteiger partial charge in [0.1, 0.15) is 30.2 Å². The lowest BCUT2D eigenvalue weighted by Gasteiger charge is -2.15. The van der Waals surface area contributed by atoms with Crippen molar-refractivity contribution in [2.24, 2.45) is 0 Å². The second-order valence-electron chi connectivity index (χ2n) is 8.41. The lowest BCUT2D eigenvalue weighted by Crippen LogP contribution is -2.37. The molecule has 0 atom stereocenters. The molecule has 10 heteroatoms. The quantitative estimate of drug-likeness (QED) is 0.374. The van der Waals surface area contributed by atoms with E-state index in [4.69, 9.17) is 16.3 Å². The van der Waals surface area contributed by atoms with E-state index in [1.807, 2.05) is 0 Å². The molecule has 0 fully saturated rings. The van der Waals surface area contributed by atoms with Gasteiger partial charge in [-0.05, 0) is 61.9 Å². The summed E-state index contributed by atoms with van der Waals surface area (Å²) >= 11 is 6.04. The van der Waals surface area contributed by atoms with Gasteiger partial charge in [0.25, 0.3) is 5.56 Å². The van der Waals surface area contributed by atoms with Gasteiger partial charge in [-0.1, -0.05) is 11.6 Å². The average Bonchev–Trinajstić information content (AvgIpc) is 2.84. The Morgan fingerprint density at radius 2 is 1.92 bits per heavy atom. The smallest absolute Gasteiger partial charge is 0.263 e. The highest BCUT2D eigenvalue weighted by atomic mass is 35.5. The highest BCUT2D eigenvalue weighted by Crippen LogP contribution is 2.28. The van der Waals surface area contributed by atoms with Crippen molar-refractivity contribution in [1.29, 1.82) is 0 Å². The molecule has 2 aromatic carbocycles. The van der Waals surface area contributed by atoms with Crippen LogP contribution in [0, 0.1) is 5.82 Å². The Labute approximate surface area is 210 Å². The zero-order valence-electron chi connectivity index (χ0n) is 19.7. The van der Waals surface area contributed by atoms with Crippen LogP contribution in [0.4, 0.5) is 4.39 Å². The molecule has 0 unspecified atom stereocenters. The van der Waals surface area contributed by atoms with Gasteiger partial charge in [-0.2, -0.15) is 0 Å². The second-order valence-corrected chi connectivity index (χ2v) is 8.85. The van der Waals surface area contributed by atoms with Crippen LogP contribution in [0.1, 0.15) is 24.2 Å². The summed E-state index contributed by atoms with van der Waals surface area (Å²) in [5.74, 6) is -0.506. The number of nitrogens with one attached hydrogen (secondary N) is 1.